The molecule has 1 N–H and O–H groups in total. The summed E-state index contributed by atoms with van der Waals surface area (Å²) in [5.74, 6) is -1.80. The Morgan fingerprint density at radius 3 is 2.20 bits per heavy atom. The first kappa shape index (κ1) is 18.5. The molecule has 1 heterocycles. The number of carbonyl (C=O) groups excluding carboxylic acids is 2. The molecule has 2 aliphatic carbocycles. The number of hydrogen-bond donors (Lipinski definition) is 1. The predicted molar refractivity (Wildman–Crippen MR) is 83.5 cm³/mol. The van der Waals surface area contributed by atoms with Crippen LogP contribution < -0.4 is 5.32 Å². The van der Waals surface area contributed by atoms with Crippen LogP contribution in [0.3, 0.4) is 0 Å². The van der Waals surface area contributed by atoms with Crippen molar-refractivity contribution in [2.75, 3.05) is 13.1 Å². The summed E-state index contributed by atoms with van der Waals surface area (Å²) in [6.07, 6.45) is -3.19. The molecule has 3 fully saturated rings. The van der Waals surface area contributed by atoms with Crippen molar-refractivity contribution >= 4 is 11.8 Å². The fourth-order valence-electron chi connectivity index (χ4n) is 4.00. The van der Waals surface area contributed by atoms with E-state index in [0.29, 0.717) is 24.9 Å². The number of alkyl halides is 3. The lowest BCUT2D eigenvalue weighted by Crippen LogP contribution is -2.57. The van der Waals surface area contributed by atoms with Gasteiger partial charge < -0.3 is 15.0 Å². The standard InChI is InChI=1S/C17H25F3N2O3/c1-9(25-10-5-4-6-10)13(21-15(24)17(18,19)20)14(23)22-7-11-12(8-22)16(11,2)3/h9-13H,4-8H2,1-3H3,(H,21,24)/t9-,11-,12+,13+/m1/s1. The van der Waals surface area contributed by atoms with Gasteiger partial charge in [0.15, 0.2) is 0 Å². The molecule has 0 spiro atoms. The van der Waals surface area contributed by atoms with Crippen molar-refractivity contribution in [3.8, 4) is 0 Å². The highest BCUT2D eigenvalue weighted by Gasteiger charge is 2.63. The first-order valence-corrected chi connectivity index (χ1v) is 8.83. The summed E-state index contributed by atoms with van der Waals surface area (Å²) in [5, 5.41) is 1.86. The summed E-state index contributed by atoms with van der Waals surface area (Å²) in [4.78, 5) is 25.7. The van der Waals surface area contributed by atoms with E-state index >= 15 is 0 Å². The van der Waals surface area contributed by atoms with Gasteiger partial charge in [0.05, 0.1) is 12.2 Å². The van der Waals surface area contributed by atoms with Crippen molar-refractivity contribution < 1.29 is 27.5 Å². The molecule has 0 unspecified atom stereocenters. The molecule has 2 amide bonds. The van der Waals surface area contributed by atoms with Gasteiger partial charge in [-0.25, -0.2) is 0 Å². The molecule has 25 heavy (non-hydrogen) atoms. The van der Waals surface area contributed by atoms with E-state index in [1.54, 1.807) is 11.8 Å². The quantitative estimate of drug-likeness (QED) is 0.815. The number of amides is 2. The predicted octanol–water partition coefficient (Wildman–Crippen LogP) is 2.11. The lowest BCUT2D eigenvalue weighted by Gasteiger charge is -2.35. The molecular weight excluding hydrogens is 337 g/mol. The maximum atomic E-state index is 12.8. The third-order valence-electron chi connectivity index (χ3n) is 6.17. The molecule has 5 nitrogen and oxygen atoms in total. The first-order valence-electron chi connectivity index (χ1n) is 8.83. The fraction of sp³-hybridized carbons (Fsp3) is 0.882. The van der Waals surface area contributed by atoms with Crippen LogP contribution in [0.2, 0.25) is 0 Å². The number of nitrogens with zero attached hydrogens (tertiary/aromatic N) is 1. The van der Waals surface area contributed by atoms with E-state index in [9.17, 15) is 22.8 Å². The summed E-state index contributed by atoms with van der Waals surface area (Å²) < 4.78 is 43.6. The third kappa shape index (κ3) is 3.50. The van der Waals surface area contributed by atoms with Crippen LogP contribution in [-0.4, -0.2) is 54.2 Å². The number of halogens is 3. The van der Waals surface area contributed by atoms with E-state index in [2.05, 4.69) is 13.8 Å². The molecule has 0 bridgehead atoms. The molecule has 2 saturated carbocycles. The molecule has 0 aromatic carbocycles. The second-order valence-electron chi connectivity index (χ2n) is 8.12. The molecule has 142 valence electrons. The zero-order chi connectivity index (χ0) is 18.6. The van der Waals surface area contributed by atoms with Crippen molar-refractivity contribution in [2.24, 2.45) is 17.3 Å². The number of likely N-dealkylation sites (tertiary alicyclic amines) is 1. The smallest absolute Gasteiger partial charge is 0.373 e. The van der Waals surface area contributed by atoms with Gasteiger partial charge in [-0.05, 0) is 43.4 Å². The number of fused-ring (bicyclic) bond motifs is 1. The van der Waals surface area contributed by atoms with E-state index in [1.165, 1.54) is 0 Å². The van der Waals surface area contributed by atoms with Gasteiger partial charge in [0.25, 0.3) is 0 Å². The Morgan fingerprint density at radius 1 is 1.20 bits per heavy atom. The Labute approximate surface area is 145 Å². The highest BCUT2D eigenvalue weighted by atomic mass is 19.4. The van der Waals surface area contributed by atoms with Crippen LogP contribution in [0, 0.1) is 17.3 Å². The normalized spacial score (nSPS) is 30.2. The minimum absolute atomic E-state index is 0.0426. The average Bonchev–Trinajstić information content (AvgIpc) is 2.86. The molecule has 3 aliphatic rings. The monoisotopic (exact) mass is 362 g/mol. The molecule has 0 aromatic rings. The van der Waals surface area contributed by atoms with Gasteiger partial charge in [0.1, 0.15) is 6.04 Å². The van der Waals surface area contributed by atoms with Crippen LogP contribution in [0.5, 0.6) is 0 Å². The molecule has 1 aliphatic heterocycles. The van der Waals surface area contributed by atoms with Crippen LogP contribution in [0.15, 0.2) is 0 Å². The van der Waals surface area contributed by atoms with Crippen LogP contribution in [0.1, 0.15) is 40.0 Å². The second-order valence-corrected chi connectivity index (χ2v) is 8.12. The second kappa shape index (κ2) is 6.14. The molecule has 1 saturated heterocycles. The van der Waals surface area contributed by atoms with E-state index < -0.39 is 30.1 Å². The summed E-state index contributed by atoms with van der Waals surface area (Å²) in [6, 6.07) is -1.31. The zero-order valence-corrected chi connectivity index (χ0v) is 14.7. The van der Waals surface area contributed by atoms with Gasteiger partial charge in [-0.3, -0.25) is 9.59 Å². The molecule has 0 radical (unpaired) electrons. The van der Waals surface area contributed by atoms with E-state index in [4.69, 9.17) is 4.74 Å². The number of ether oxygens (including phenoxy) is 1. The average molecular weight is 362 g/mol. The summed E-state index contributed by atoms with van der Waals surface area (Å²) in [5.41, 5.74) is 0.190. The number of rotatable bonds is 5. The van der Waals surface area contributed by atoms with Gasteiger partial charge in [-0.1, -0.05) is 13.8 Å². The van der Waals surface area contributed by atoms with Crippen molar-refractivity contribution in [1.29, 1.82) is 0 Å². The number of nitrogens with one attached hydrogen (secondary N) is 1. The highest BCUT2D eigenvalue weighted by molar-refractivity contribution is 5.90. The number of piperidine rings is 1. The number of hydrogen-bond acceptors (Lipinski definition) is 3. The molecule has 8 heteroatoms. The minimum Gasteiger partial charge on any atom is -0.373 e. The van der Waals surface area contributed by atoms with Gasteiger partial charge in [-0.2, -0.15) is 13.2 Å². The molecular formula is C17H25F3N2O3. The largest absolute Gasteiger partial charge is 0.471 e. The van der Waals surface area contributed by atoms with Crippen molar-refractivity contribution in [2.45, 2.75) is 64.5 Å². The fourth-order valence-corrected chi connectivity index (χ4v) is 4.00. The van der Waals surface area contributed by atoms with Crippen molar-refractivity contribution in [1.82, 2.24) is 10.2 Å². The van der Waals surface area contributed by atoms with E-state index in [0.717, 1.165) is 19.3 Å². The zero-order valence-electron chi connectivity index (χ0n) is 14.7. The topological polar surface area (TPSA) is 58.6 Å². The lowest BCUT2D eigenvalue weighted by molar-refractivity contribution is -0.177. The van der Waals surface area contributed by atoms with Gasteiger partial charge in [0, 0.05) is 13.1 Å². The molecule has 0 aromatic heterocycles. The van der Waals surface area contributed by atoms with Crippen LogP contribution in [-0.2, 0) is 14.3 Å². The summed E-state index contributed by atoms with van der Waals surface area (Å²) in [7, 11) is 0. The van der Waals surface area contributed by atoms with Crippen molar-refractivity contribution in [3.63, 3.8) is 0 Å². The van der Waals surface area contributed by atoms with Gasteiger partial charge in [-0.15, -0.1) is 0 Å². The Balaban J connectivity index is 1.66. The SMILES string of the molecule is C[C@@H](OC1CCC1)[C@H](NC(=O)C(F)(F)F)C(=O)N1C[C@@H]2[C@H](C1)C2(C)C. The Bertz CT molecular complexity index is 546. The molecule has 4 atom stereocenters. The Kier molecular flexibility index (Phi) is 4.54. The van der Waals surface area contributed by atoms with Gasteiger partial charge >= 0.3 is 12.1 Å². The lowest BCUT2D eigenvalue weighted by atomic mass is 9.95. The van der Waals surface area contributed by atoms with Crippen LogP contribution >= 0.6 is 0 Å². The van der Waals surface area contributed by atoms with Crippen molar-refractivity contribution in [3.05, 3.63) is 0 Å². The Morgan fingerprint density at radius 2 is 1.76 bits per heavy atom. The third-order valence-corrected chi connectivity index (χ3v) is 6.17. The van der Waals surface area contributed by atoms with Crippen LogP contribution in [0.4, 0.5) is 13.2 Å². The summed E-state index contributed by atoms with van der Waals surface area (Å²) >= 11 is 0. The summed E-state index contributed by atoms with van der Waals surface area (Å²) in [6.45, 7) is 6.89. The van der Waals surface area contributed by atoms with E-state index in [-0.39, 0.29) is 11.5 Å². The highest BCUT2D eigenvalue weighted by Crippen LogP contribution is 2.62. The maximum absolute atomic E-state index is 12.8. The maximum Gasteiger partial charge on any atom is 0.471 e. The minimum atomic E-state index is -5.02. The van der Waals surface area contributed by atoms with Gasteiger partial charge in [0.2, 0.25) is 5.91 Å². The van der Waals surface area contributed by atoms with Crippen LogP contribution in [0.25, 0.3) is 0 Å². The molecule has 3 rings (SSSR count). The number of carbonyl (C=O) groups is 2. The first-order chi connectivity index (χ1) is 11.5. The van der Waals surface area contributed by atoms with E-state index in [1.807, 2.05) is 5.32 Å². The Hall–Kier alpha value is -1.31.